The Morgan fingerprint density at radius 3 is 2.70 bits per heavy atom. The van der Waals surface area contributed by atoms with Gasteiger partial charge in [0, 0.05) is 33.2 Å². The van der Waals surface area contributed by atoms with Crippen molar-refractivity contribution < 1.29 is 14.3 Å². The van der Waals surface area contributed by atoms with E-state index in [9.17, 15) is 5.11 Å². The van der Waals surface area contributed by atoms with Crippen molar-refractivity contribution in [1.82, 2.24) is 30.3 Å². The van der Waals surface area contributed by atoms with E-state index in [4.69, 9.17) is 9.15 Å². The van der Waals surface area contributed by atoms with Gasteiger partial charge in [-0.3, -0.25) is 4.90 Å². The van der Waals surface area contributed by atoms with Gasteiger partial charge in [0.2, 0.25) is 0 Å². The molecule has 1 saturated heterocycles. The summed E-state index contributed by atoms with van der Waals surface area (Å²) in [5.74, 6) is 2.72. The van der Waals surface area contributed by atoms with Gasteiger partial charge in [-0.15, -0.1) is 34.2 Å². The van der Waals surface area contributed by atoms with E-state index in [1.165, 1.54) is 0 Å². The first-order chi connectivity index (χ1) is 14.0. The van der Waals surface area contributed by atoms with Crippen molar-refractivity contribution in [1.29, 1.82) is 0 Å². The Bertz CT molecular complexity index is 786. The maximum Gasteiger partial charge on any atom is 0.191 e. The first-order valence-electron chi connectivity index (χ1n) is 9.89. The molecule has 168 valence electrons. The van der Waals surface area contributed by atoms with E-state index in [1.54, 1.807) is 25.3 Å². The van der Waals surface area contributed by atoms with E-state index in [2.05, 4.69) is 30.7 Å². The van der Waals surface area contributed by atoms with Crippen molar-refractivity contribution in [3.8, 4) is 0 Å². The number of nitrogens with zero attached hydrogens (tertiary/aromatic N) is 5. The highest BCUT2D eigenvalue weighted by molar-refractivity contribution is 14.0. The fourth-order valence-electron chi connectivity index (χ4n) is 3.00. The lowest BCUT2D eigenvalue weighted by molar-refractivity contribution is 0.0374. The van der Waals surface area contributed by atoms with Crippen LogP contribution in [0.25, 0.3) is 0 Å². The average molecular weight is 533 g/mol. The summed E-state index contributed by atoms with van der Waals surface area (Å²) >= 11 is 0. The SMILES string of the molecule is Cc1nnc(CN=C(NCCN2CCOCC2)NCC(C)(O)c2ccco2)n1C.I. The van der Waals surface area contributed by atoms with E-state index in [0.29, 0.717) is 18.3 Å². The molecule has 0 spiro atoms. The van der Waals surface area contributed by atoms with Crippen molar-refractivity contribution in [2.75, 3.05) is 45.9 Å². The van der Waals surface area contributed by atoms with Gasteiger partial charge in [-0.05, 0) is 26.0 Å². The van der Waals surface area contributed by atoms with Crippen molar-refractivity contribution in [2.45, 2.75) is 26.0 Å². The van der Waals surface area contributed by atoms with Crippen LogP contribution in [0.4, 0.5) is 0 Å². The lowest BCUT2D eigenvalue weighted by atomic mass is 10.0. The molecule has 1 aliphatic rings. The summed E-state index contributed by atoms with van der Waals surface area (Å²) in [4.78, 5) is 6.97. The van der Waals surface area contributed by atoms with Gasteiger partial charge >= 0.3 is 0 Å². The predicted octanol–water partition coefficient (Wildman–Crippen LogP) is 0.610. The molecular formula is C19H32IN7O3. The lowest BCUT2D eigenvalue weighted by Crippen LogP contribution is -2.47. The monoisotopic (exact) mass is 533 g/mol. The van der Waals surface area contributed by atoms with Crippen molar-refractivity contribution in [3.05, 3.63) is 35.8 Å². The van der Waals surface area contributed by atoms with Crippen molar-refractivity contribution in [3.63, 3.8) is 0 Å². The second-order valence-electron chi connectivity index (χ2n) is 7.37. The molecule has 0 aromatic carbocycles. The summed E-state index contributed by atoms with van der Waals surface area (Å²) in [6, 6.07) is 3.52. The Labute approximate surface area is 194 Å². The standard InChI is InChI=1S/C19H31N7O3.HI/c1-15-23-24-17(25(15)3)13-21-18(20-6-7-26-8-11-28-12-9-26)22-14-19(2,27)16-5-4-10-29-16;/h4-5,10,27H,6-9,11-14H2,1-3H3,(H2,20,21,22);1H. The lowest BCUT2D eigenvalue weighted by Gasteiger charge is -2.27. The largest absolute Gasteiger partial charge is 0.466 e. The molecular weight excluding hydrogens is 501 g/mol. The summed E-state index contributed by atoms with van der Waals surface area (Å²) in [5, 5.41) is 25.5. The number of aryl methyl sites for hydroxylation is 1. The minimum absolute atomic E-state index is 0. The van der Waals surface area contributed by atoms with Crippen LogP contribution in [0.2, 0.25) is 0 Å². The molecule has 0 aliphatic carbocycles. The first kappa shape index (κ1) is 24.6. The summed E-state index contributed by atoms with van der Waals surface area (Å²) in [6.45, 7) is 9.29. The number of morpholine rings is 1. The molecule has 3 rings (SSSR count). The highest BCUT2D eigenvalue weighted by atomic mass is 127. The van der Waals surface area contributed by atoms with Crippen LogP contribution < -0.4 is 10.6 Å². The molecule has 1 aliphatic heterocycles. The van der Waals surface area contributed by atoms with E-state index in [0.717, 1.165) is 51.0 Å². The Hall–Kier alpha value is -1.70. The molecule has 2 aromatic heterocycles. The maximum atomic E-state index is 10.7. The highest BCUT2D eigenvalue weighted by Crippen LogP contribution is 2.19. The Kier molecular flexibility index (Phi) is 9.52. The molecule has 0 radical (unpaired) electrons. The van der Waals surface area contributed by atoms with E-state index >= 15 is 0 Å². The van der Waals surface area contributed by atoms with Gasteiger partial charge in [0.1, 0.15) is 23.7 Å². The second kappa shape index (κ2) is 11.6. The van der Waals surface area contributed by atoms with Gasteiger partial charge in [-0.1, -0.05) is 0 Å². The number of guanidine groups is 1. The van der Waals surface area contributed by atoms with Gasteiger partial charge in [0.15, 0.2) is 11.8 Å². The van der Waals surface area contributed by atoms with E-state index in [-0.39, 0.29) is 30.5 Å². The third kappa shape index (κ3) is 6.93. The number of aliphatic hydroxyl groups is 1. The van der Waals surface area contributed by atoms with Crippen LogP contribution in [0, 0.1) is 6.92 Å². The van der Waals surface area contributed by atoms with E-state index < -0.39 is 5.60 Å². The fraction of sp³-hybridized carbons (Fsp3) is 0.632. The van der Waals surface area contributed by atoms with Crippen LogP contribution in [-0.2, 0) is 23.9 Å². The second-order valence-corrected chi connectivity index (χ2v) is 7.37. The number of nitrogens with one attached hydrogen (secondary N) is 2. The van der Waals surface area contributed by atoms with Gasteiger partial charge in [-0.25, -0.2) is 4.99 Å². The number of rotatable bonds is 8. The number of halogens is 1. The van der Waals surface area contributed by atoms with E-state index in [1.807, 2.05) is 18.5 Å². The first-order valence-corrected chi connectivity index (χ1v) is 9.89. The van der Waals surface area contributed by atoms with Gasteiger partial charge in [-0.2, -0.15) is 0 Å². The molecule has 11 heteroatoms. The molecule has 30 heavy (non-hydrogen) atoms. The molecule has 2 aromatic rings. The van der Waals surface area contributed by atoms with Gasteiger partial charge in [0.05, 0.1) is 26.0 Å². The van der Waals surface area contributed by atoms with Crippen LogP contribution in [-0.4, -0.2) is 76.7 Å². The maximum absolute atomic E-state index is 10.7. The number of aliphatic imine (C=N–C) groups is 1. The molecule has 1 fully saturated rings. The van der Waals surface area contributed by atoms with Gasteiger partial charge in [0.25, 0.3) is 0 Å². The Morgan fingerprint density at radius 2 is 2.07 bits per heavy atom. The minimum Gasteiger partial charge on any atom is -0.466 e. The van der Waals surface area contributed by atoms with Gasteiger partial charge < -0.3 is 29.5 Å². The summed E-state index contributed by atoms with van der Waals surface area (Å²) in [7, 11) is 1.92. The molecule has 10 nitrogen and oxygen atoms in total. The third-order valence-corrected chi connectivity index (χ3v) is 5.04. The zero-order valence-corrected chi connectivity index (χ0v) is 20.1. The number of aromatic nitrogens is 3. The number of hydrogen-bond acceptors (Lipinski definition) is 7. The van der Waals surface area contributed by atoms with Crippen LogP contribution in [0.1, 0.15) is 24.3 Å². The number of furan rings is 1. The van der Waals surface area contributed by atoms with Crippen LogP contribution in [0.5, 0.6) is 0 Å². The third-order valence-electron chi connectivity index (χ3n) is 5.04. The smallest absolute Gasteiger partial charge is 0.191 e. The number of hydrogen-bond donors (Lipinski definition) is 3. The fourth-order valence-corrected chi connectivity index (χ4v) is 3.00. The molecule has 3 N–H and O–H groups in total. The minimum atomic E-state index is -1.16. The average Bonchev–Trinajstić information content (AvgIpc) is 3.37. The summed E-state index contributed by atoms with van der Waals surface area (Å²) < 4.78 is 12.6. The molecule has 0 saturated carbocycles. The van der Waals surface area contributed by atoms with Crippen LogP contribution in [0.3, 0.4) is 0 Å². The summed E-state index contributed by atoms with van der Waals surface area (Å²) in [6.07, 6.45) is 1.55. The topological polar surface area (TPSA) is 113 Å². The molecule has 0 amide bonds. The van der Waals surface area contributed by atoms with Crippen LogP contribution >= 0.6 is 24.0 Å². The highest BCUT2D eigenvalue weighted by Gasteiger charge is 2.26. The Balaban J connectivity index is 0.00000320. The van der Waals surface area contributed by atoms with Crippen molar-refractivity contribution >= 4 is 29.9 Å². The predicted molar refractivity (Wildman–Crippen MR) is 124 cm³/mol. The summed E-state index contributed by atoms with van der Waals surface area (Å²) in [5.41, 5.74) is -1.16. The normalized spacial score (nSPS) is 17.3. The number of ether oxygens (including phenoxy) is 1. The molecule has 1 atom stereocenters. The Morgan fingerprint density at radius 1 is 1.30 bits per heavy atom. The molecule has 3 heterocycles. The van der Waals surface area contributed by atoms with Crippen LogP contribution in [0.15, 0.2) is 27.8 Å². The molecule has 0 bridgehead atoms. The van der Waals surface area contributed by atoms with Crippen molar-refractivity contribution in [2.24, 2.45) is 12.0 Å². The molecule has 1 unspecified atom stereocenters. The zero-order chi connectivity index (χ0) is 20.7. The zero-order valence-electron chi connectivity index (χ0n) is 17.8. The quantitative estimate of drug-likeness (QED) is 0.257.